The number of hydrogen-bond acceptors (Lipinski definition) is 2. The number of halogens is 1. The van der Waals surface area contributed by atoms with E-state index in [1.54, 1.807) is 0 Å². The fourth-order valence-electron chi connectivity index (χ4n) is 1.37. The van der Waals surface area contributed by atoms with E-state index >= 15 is 0 Å². The molecule has 14 heavy (non-hydrogen) atoms. The summed E-state index contributed by atoms with van der Waals surface area (Å²) in [5.74, 6) is -0.835. The number of fused-ring (bicyclic) bond motifs is 1. The molecule has 68 valence electrons. The second kappa shape index (κ2) is 2.91. The highest BCUT2D eigenvalue weighted by atomic mass is 19.1. The summed E-state index contributed by atoms with van der Waals surface area (Å²) in [6, 6.07) is 5.06. The number of aromatic hydroxyl groups is 2. The lowest BCUT2D eigenvalue weighted by Gasteiger charge is -2.04. The molecule has 2 aromatic carbocycles. The molecule has 2 aromatic rings. The summed E-state index contributed by atoms with van der Waals surface area (Å²) in [5.41, 5.74) is -0.0116. The monoisotopic (exact) mass is 188 g/mol. The van der Waals surface area contributed by atoms with E-state index in [1.165, 1.54) is 12.1 Å². The van der Waals surface area contributed by atoms with Crippen LogP contribution in [0.15, 0.2) is 24.3 Å². The van der Waals surface area contributed by atoms with Gasteiger partial charge in [-0.1, -0.05) is 11.5 Å². The smallest absolute Gasteiger partial charge is 0.127 e. The maximum atomic E-state index is 13.0. The van der Waals surface area contributed by atoms with Crippen LogP contribution in [0.1, 0.15) is 0 Å². The Balaban J connectivity index is 2.89. The Morgan fingerprint density at radius 1 is 1.07 bits per heavy atom. The molecule has 2 nitrogen and oxygen atoms in total. The normalized spacial score (nSPS) is 10.6. The van der Waals surface area contributed by atoms with E-state index in [2.05, 4.69) is 0 Å². The summed E-state index contributed by atoms with van der Waals surface area (Å²) >= 11 is 0. The molecular formula is C10H6BFO2. The Morgan fingerprint density at radius 2 is 1.79 bits per heavy atom. The molecule has 0 aromatic heterocycles. The van der Waals surface area contributed by atoms with Crippen LogP contribution in [0.2, 0.25) is 0 Å². The Kier molecular flexibility index (Phi) is 1.84. The average Bonchev–Trinajstić information content (AvgIpc) is 2.08. The SMILES string of the molecule is [B]c1cc2cc(O)cc(O)c2cc1F. The third-order valence-electron chi connectivity index (χ3n) is 2.03. The van der Waals surface area contributed by atoms with Gasteiger partial charge in [0.05, 0.1) is 0 Å². The van der Waals surface area contributed by atoms with Gasteiger partial charge in [0.1, 0.15) is 25.2 Å². The third kappa shape index (κ3) is 1.29. The quantitative estimate of drug-likeness (QED) is 0.609. The molecular weight excluding hydrogens is 182 g/mol. The highest BCUT2D eigenvalue weighted by Crippen LogP contribution is 2.29. The highest BCUT2D eigenvalue weighted by molar-refractivity contribution is 6.33. The maximum Gasteiger partial charge on any atom is 0.127 e. The predicted octanol–water partition coefficient (Wildman–Crippen LogP) is 1.18. The van der Waals surface area contributed by atoms with Crippen molar-refractivity contribution in [3.05, 3.63) is 30.1 Å². The number of benzene rings is 2. The third-order valence-corrected chi connectivity index (χ3v) is 2.03. The van der Waals surface area contributed by atoms with Crippen LogP contribution >= 0.6 is 0 Å². The van der Waals surface area contributed by atoms with Gasteiger partial charge in [-0.2, -0.15) is 0 Å². The van der Waals surface area contributed by atoms with Gasteiger partial charge in [-0.25, -0.2) is 4.39 Å². The summed E-state index contributed by atoms with van der Waals surface area (Å²) in [5, 5.41) is 19.4. The molecule has 0 spiro atoms. The van der Waals surface area contributed by atoms with Gasteiger partial charge in [0, 0.05) is 11.5 Å². The van der Waals surface area contributed by atoms with Crippen LogP contribution in [0.3, 0.4) is 0 Å². The number of phenolic OH excluding ortho intramolecular Hbond substituents is 2. The molecule has 0 aliphatic rings. The molecule has 0 bridgehead atoms. The molecule has 0 saturated carbocycles. The average molecular weight is 188 g/mol. The lowest BCUT2D eigenvalue weighted by atomic mass is 9.92. The molecule has 4 heteroatoms. The predicted molar refractivity (Wildman–Crippen MR) is 52.6 cm³/mol. The first kappa shape index (κ1) is 8.87. The molecule has 0 amide bonds. The summed E-state index contributed by atoms with van der Waals surface area (Å²) in [7, 11) is 5.35. The van der Waals surface area contributed by atoms with Crippen LogP contribution in [-0.2, 0) is 0 Å². The zero-order chi connectivity index (χ0) is 10.3. The van der Waals surface area contributed by atoms with E-state index in [1.807, 2.05) is 0 Å². The summed E-state index contributed by atoms with van der Waals surface area (Å²) < 4.78 is 13.0. The van der Waals surface area contributed by atoms with Crippen LogP contribution in [0.4, 0.5) is 4.39 Å². The zero-order valence-corrected chi connectivity index (χ0v) is 7.16. The van der Waals surface area contributed by atoms with Crippen LogP contribution in [0.5, 0.6) is 11.5 Å². The van der Waals surface area contributed by atoms with Crippen LogP contribution in [0.25, 0.3) is 10.8 Å². The van der Waals surface area contributed by atoms with Gasteiger partial charge in [0.25, 0.3) is 0 Å². The summed E-state index contributed by atoms with van der Waals surface area (Å²) in [6.45, 7) is 0. The Bertz CT molecular complexity index is 511. The van der Waals surface area contributed by atoms with Crippen molar-refractivity contribution in [2.45, 2.75) is 0 Å². The molecule has 0 unspecified atom stereocenters. The van der Waals surface area contributed by atoms with Crippen LogP contribution in [-0.4, -0.2) is 18.1 Å². The van der Waals surface area contributed by atoms with Crippen molar-refractivity contribution in [2.75, 3.05) is 0 Å². The minimum absolute atomic E-state index is 0.0116. The molecule has 2 N–H and O–H groups in total. The van der Waals surface area contributed by atoms with E-state index in [-0.39, 0.29) is 17.0 Å². The topological polar surface area (TPSA) is 40.5 Å². The molecule has 2 rings (SSSR count). The maximum absolute atomic E-state index is 13.0. The fourth-order valence-corrected chi connectivity index (χ4v) is 1.37. The lowest BCUT2D eigenvalue weighted by Crippen LogP contribution is -2.07. The van der Waals surface area contributed by atoms with Crippen LogP contribution < -0.4 is 5.46 Å². The van der Waals surface area contributed by atoms with E-state index in [0.29, 0.717) is 10.8 Å². The summed E-state index contributed by atoms with van der Waals surface area (Å²) in [4.78, 5) is 0. The van der Waals surface area contributed by atoms with Gasteiger partial charge < -0.3 is 10.2 Å². The van der Waals surface area contributed by atoms with E-state index in [0.717, 1.165) is 12.1 Å². The van der Waals surface area contributed by atoms with Crippen LogP contribution in [0, 0.1) is 5.82 Å². The van der Waals surface area contributed by atoms with Gasteiger partial charge in [-0.3, -0.25) is 0 Å². The van der Waals surface area contributed by atoms with Crippen molar-refractivity contribution in [1.82, 2.24) is 0 Å². The first-order valence-electron chi connectivity index (χ1n) is 3.98. The van der Waals surface area contributed by atoms with Gasteiger partial charge in [-0.05, 0) is 17.5 Å². The second-order valence-corrected chi connectivity index (χ2v) is 3.06. The first-order valence-corrected chi connectivity index (χ1v) is 3.98. The van der Waals surface area contributed by atoms with E-state index in [9.17, 15) is 14.6 Å². The van der Waals surface area contributed by atoms with Crippen molar-refractivity contribution in [2.24, 2.45) is 0 Å². The van der Waals surface area contributed by atoms with Crippen molar-refractivity contribution >= 4 is 24.1 Å². The Hall–Kier alpha value is -1.71. The van der Waals surface area contributed by atoms with Crippen molar-refractivity contribution in [1.29, 1.82) is 0 Å². The van der Waals surface area contributed by atoms with E-state index in [4.69, 9.17) is 7.85 Å². The Labute approximate surface area is 81.0 Å². The lowest BCUT2D eigenvalue weighted by molar-refractivity contribution is 0.455. The molecule has 0 fully saturated rings. The van der Waals surface area contributed by atoms with E-state index < -0.39 is 5.82 Å². The number of rotatable bonds is 0. The van der Waals surface area contributed by atoms with Crippen molar-refractivity contribution < 1.29 is 14.6 Å². The molecule has 0 aliphatic heterocycles. The van der Waals surface area contributed by atoms with Gasteiger partial charge in [-0.15, -0.1) is 0 Å². The van der Waals surface area contributed by atoms with Gasteiger partial charge >= 0.3 is 0 Å². The molecule has 2 radical (unpaired) electrons. The largest absolute Gasteiger partial charge is 0.508 e. The zero-order valence-electron chi connectivity index (χ0n) is 7.16. The number of hydrogen-bond donors (Lipinski definition) is 2. The van der Waals surface area contributed by atoms with Gasteiger partial charge in [0.15, 0.2) is 0 Å². The molecule has 0 heterocycles. The molecule has 0 aliphatic carbocycles. The Morgan fingerprint density at radius 3 is 2.50 bits per heavy atom. The minimum Gasteiger partial charge on any atom is -0.508 e. The fraction of sp³-hybridized carbons (Fsp3) is 0. The van der Waals surface area contributed by atoms with Crippen molar-refractivity contribution in [3.63, 3.8) is 0 Å². The molecule has 0 atom stereocenters. The second-order valence-electron chi connectivity index (χ2n) is 3.06. The van der Waals surface area contributed by atoms with Crippen molar-refractivity contribution in [3.8, 4) is 11.5 Å². The minimum atomic E-state index is -0.585. The molecule has 0 saturated heterocycles. The standard InChI is InChI=1S/C10H6BFO2/c11-8-2-5-1-6(13)3-10(14)7(5)4-9(8)12/h1-4,13-14H. The highest BCUT2D eigenvalue weighted by Gasteiger charge is 2.05. The first-order chi connectivity index (χ1) is 6.58. The summed E-state index contributed by atoms with van der Waals surface area (Å²) in [6.07, 6.45) is 0. The van der Waals surface area contributed by atoms with Gasteiger partial charge in [0.2, 0.25) is 0 Å². The number of phenols is 2.